The smallest absolute Gasteiger partial charge is 0.0386 e. The highest BCUT2D eigenvalue weighted by atomic mass is 32.1. The summed E-state index contributed by atoms with van der Waals surface area (Å²) < 4.78 is 0. The van der Waals surface area contributed by atoms with Gasteiger partial charge in [-0.1, -0.05) is 0 Å². The number of nitrogens with zero attached hydrogens (tertiary/aromatic N) is 2. The first-order chi connectivity index (χ1) is 9.20. The molecular formula is C14H26N4S. The minimum atomic E-state index is 0.352. The van der Waals surface area contributed by atoms with Crippen LogP contribution in [-0.4, -0.2) is 55.6 Å². The van der Waals surface area contributed by atoms with Crippen LogP contribution in [0.25, 0.3) is 0 Å². The van der Waals surface area contributed by atoms with Crippen molar-refractivity contribution in [1.29, 1.82) is 0 Å². The minimum absolute atomic E-state index is 0.352. The summed E-state index contributed by atoms with van der Waals surface area (Å²) in [4.78, 5) is 4.88. The molecule has 1 saturated heterocycles. The van der Waals surface area contributed by atoms with Crippen LogP contribution in [0, 0.1) is 0 Å². The van der Waals surface area contributed by atoms with Gasteiger partial charge in [-0.25, -0.2) is 0 Å². The van der Waals surface area contributed by atoms with E-state index in [0.717, 1.165) is 25.9 Å². The maximum atomic E-state index is 5.81. The first-order valence-electron chi connectivity index (χ1n) is 7.06. The van der Waals surface area contributed by atoms with Crippen molar-refractivity contribution in [2.24, 2.45) is 5.84 Å². The van der Waals surface area contributed by atoms with E-state index in [0.29, 0.717) is 12.1 Å². The van der Waals surface area contributed by atoms with Crippen LogP contribution in [0.3, 0.4) is 0 Å². The first kappa shape index (κ1) is 14.9. The lowest BCUT2D eigenvalue weighted by Gasteiger charge is -2.34. The summed E-state index contributed by atoms with van der Waals surface area (Å²) in [6.07, 6.45) is 3.44. The van der Waals surface area contributed by atoms with Gasteiger partial charge in [0.1, 0.15) is 0 Å². The van der Waals surface area contributed by atoms with E-state index < -0.39 is 0 Å². The molecular weight excluding hydrogens is 256 g/mol. The second kappa shape index (κ2) is 7.36. The Bertz CT molecular complexity index is 354. The number of hydrogen-bond donors (Lipinski definition) is 2. The van der Waals surface area contributed by atoms with E-state index in [1.165, 1.54) is 18.5 Å². The van der Waals surface area contributed by atoms with Crippen molar-refractivity contribution in [1.82, 2.24) is 15.2 Å². The average molecular weight is 282 g/mol. The number of nitrogens with two attached hydrogens (primary N) is 1. The van der Waals surface area contributed by atoms with Crippen molar-refractivity contribution in [2.45, 2.75) is 31.3 Å². The Hall–Kier alpha value is -0.460. The molecule has 4 nitrogen and oxygen atoms in total. The molecule has 108 valence electrons. The Morgan fingerprint density at radius 2 is 2.32 bits per heavy atom. The monoisotopic (exact) mass is 282 g/mol. The van der Waals surface area contributed by atoms with Gasteiger partial charge in [-0.15, -0.1) is 0 Å². The Kier molecular flexibility index (Phi) is 5.78. The second-order valence-corrected chi connectivity index (χ2v) is 6.39. The van der Waals surface area contributed by atoms with E-state index in [1.54, 1.807) is 11.3 Å². The molecule has 2 atom stereocenters. The summed E-state index contributed by atoms with van der Waals surface area (Å²) in [5, 5.41) is 4.38. The standard InChI is InChI=1S/C14H26N4S/c1-17-7-3-8-18(2)14(10-17)13(16-15)5-4-12-6-9-19-11-12/h6,9,11,13-14,16H,3-5,7-8,10,15H2,1-2H3. The lowest BCUT2D eigenvalue weighted by molar-refractivity contribution is 0.173. The van der Waals surface area contributed by atoms with Crippen LogP contribution in [0.2, 0.25) is 0 Å². The fraction of sp³-hybridized carbons (Fsp3) is 0.714. The van der Waals surface area contributed by atoms with Crippen LogP contribution in [0.4, 0.5) is 0 Å². The summed E-state index contributed by atoms with van der Waals surface area (Å²) in [7, 11) is 4.43. The molecule has 0 aromatic carbocycles. The fourth-order valence-electron chi connectivity index (χ4n) is 2.88. The Morgan fingerprint density at radius 1 is 1.47 bits per heavy atom. The van der Waals surface area contributed by atoms with Crippen LogP contribution in [0.15, 0.2) is 16.8 Å². The number of nitrogens with one attached hydrogen (secondary N) is 1. The zero-order valence-electron chi connectivity index (χ0n) is 12.0. The number of likely N-dealkylation sites (N-methyl/N-ethyl adjacent to an activating group) is 2. The Balaban J connectivity index is 1.94. The predicted molar refractivity (Wildman–Crippen MR) is 82.3 cm³/mol. The molecule has 1 aliphatic rings. The molecule has 0 bridgehead atoms. The molecule has 1 aliphatic heterocycles. The number of hydrazine groups is 1. The molecule has 3 N–H and O–H groups in total. The van der Waals surface area contributed by atoms with E-state index >= 15 is 0 Å². The van der Waals surface area contributed by atoms with E-state index in [4.69, 9.17) is 5.84 Å². The SMILES string of the molecule is CN1CCCN(C)C(C(CCc2ccsc2)NN)C1. The highest BCUT2D eigenvalue weighted by Gasteiger charge is 2.27. The molecule has 19 heavy (non-hydrogen) atoms. The number of thiophene rings is 1. The van der Waals surface area contributed by atoms with Gasteiger partial charge in [0.05, 0.1) is 0 Å². The van der Waals surface area contributed by atoms with Crippen LogP contribution in [-0.2, 0) is 6.42 Å². The lowest BCUT2D eigenvalue weighted by atomic mass is 10.00. The largest absolute Gasteiger partial charge is 0.305 e. The topological polar surface area (TPSA) is 44.5 Å². The molecule has 1 fully saturated rings. The van der Waals surface area contributed by atoms with Gasteiger partial charge in [0.25, 0.3) is 0 Å². The summed E-state index contributed by atoms with van der Waals surface area (Å²) in [5.41, 5.74) is 4.47. The molecule has 2 heterocycles. The molecule has 1 aromatic rings. The van der Waals surface area contributed by atoms with E-state index in [-0.39, 0.29) is 0 Å². The quantitative estimate of drug-likeness (QED) is 0.628. The molecule has 0 amide bonds. The third kappa shape index (κ3) is 4.26. The van der Waals surface area contributed by atoms with Crippen LogP contribution in [0.5, 0.6) is 0 Å². The molecule has 0 saturated carbocycles. The summed E-state index contributed by atoms with van der Waals surface area (Å²) in [5.74, 6) is 5.81. The number of aryl methyl sites for hydroxylation is 1. The van der Waals surface area contributed by atoms with Gasteiger partial charge in [-0.2, -0.15) is 11.3 Å². The summed E-state index contributed by atoms with van der Waals surface area (Å²) in [6.45, 7) is 3.43. The van der Waals surface area contributed by atoms with Gasteiger partial charge in [-0.05, 0) is 68.8 Å². The van der Waals surface area contributed by atoms with Crippen LogP contribution in [0.1, 0.15) is 18.4 Å². The van der Waals surface area contributed by atoms with Crippen molar-refractivity contribution in [3.63, 3.8) is 0 Å². The molecule has 1 aromatic heterocycles. The Labute approximate surface area is 120 Å². The highest BCUT2D eigenvalue weighted by Crippen LogP contribution is 2.16. The van der Waals surface area contributed by atoms with E-state index in [1.807, 2.05) is 0 Å². The van der Waals surface area contributed by atoms with Gasteiger partial charge < -0.3 is 9.80 Å². The summed E-state index contributed by atoms with van der Waals surface area (Å²) >= 11 is 1.77. The maximum absolute atomic E-state index is 5.81. The predicted octanol–water partition coefficient (Wildman–Crippen LogP) is 1.15. The van der Waals surface area contributed by atoms with Crippen LogP contribution >= 0.6 is 11.3 Å². The maximum Gasteiger partial charge on any atom is 0.0386 e. The number of rotatable bonds is 5. The van der Waals surface area contributed by atoms with Gasteiger partial charge >= 0.3 is 0 Å². The normalized spacial score (nSPS) is 24.3. The van der Waals surface area contributed by atoms with Crippen molar-refractivity contribution in [2.75, 3.05) is 33.7 Å². The third-order valence-corrected chi connectivity index (χ3v) is 4.85. The van der Waals surface area contributed by atoms with Crippen molar-refractivity contribution in [3.8, 4) is 0 Å². The second-order valence-electron chi connectivity index (χ2n) is 5.61. The van der Waals surface area contributed by atoms with Crippen molar-refractivity contribution in [3.05, 3.63) is 22.4 Å². The Morgan fingerprint density at radius 3 is 3.00 bits per heavy atom. The van der Waals surface area contributed by atoms with E-state index in [2.05, 4.69) is 46.1 Å². The molecule has 5 heteroatoms. The summed E-state index contributed by atoms with van der Waals surface area (Å²) in [6, 6.07) is 3.06. The van der Waals surface area contributed by atoms with Gasteiger partial charge in [0, 0.05) is 18.6 Å². The molecule has 0 aliphatic carbocycles. The highest BCUT2D eigenvalue weighted by molar-refractivity contribution is 7.07. The first-order valence-corrected chi connectivity index (χ1v) is 8.01. The number of hydrogen-bond acceptors (Lipinski definition) is 5. The van der Waals surface area contributed by atoms with Gasteiger partial charge in [0.15, 0.2) is 0 Å². The minimum Gasteiger partial charge on any atom is -0.305 e. The fourth-order valence-corrected chi connectivity index (χ4v) is 3.59. The van der Waals surface area contributed by atoms with Crippen molar-refractivity contribution >= 4 is 11.3 Å². The van der Waals surface area contributed by atoms with Crippen molar-refractivity contribution < 1.29 is 0 Å². The van der Waals surface area contributed by atoms with Crippen LogP contribution < -0.4 is 11.3 Å². The zero-order valence-corrected chi connectivity index (χ0v) is 12.8. The van der Waals surface area contributed by atoms with Gasteiger partial charge in [0.2, 0.25) is 0 Å². The molecule has 2 rings (SSSR count). The third-order valence-electron chi connectivity index (χ3n) is 4.12. The lowest BCUT2D eigenvalue weighted by Crippen LogP contribution is -2.54. The molecule has 0 radical (unpaired) electrons. The van der Waals surface area contributed by atoms with Gasteiger partial charge in [-0.3, -0.25) is 11.3 Å². The van der Waals surface area contributed by atoms with E-state index in [9.17, 15) is 0 Å². The molecule has 2 unspecified atom stereocenters. The average Bonchev–Trinajstić information content (AvgIpc) is 2.85. The zero-order chi connectivity index (χ0) is 13.7. The molecule has 0 spiro atoms.